The van der Waals surface area contributed by atoms with Gasteiger partial charge in [-0.3, -0.25) is 0 Å². The molecule has 1 aliphatic carbocycles. The highest BCUT2D eigenvalue weighted by Crippen LogP contribution is 2.38. The average molecular weight is 302 g/mol. The summed E-state index contributed by atoms with van der Waals surface area (Å²) in [4.78, 5) is 2.28. The van der Waals surface area contributed by atoms with E-state index < -0.39 is 0 Å². The van der Waals surface area contributed by atoms with Gasteiger partial charge in [-0.1, -0.05) is 11.3 Å². The van der Waals surface area contributed by atoms with Crippen molar-refractivity contribution in [3.05, 3.63) is 22.8 Å². The van der Waals surface area contributed by atoms with Crippen molar-refractivity contribution >= 4 is 22.3 Å². The van der Waals surface area contributed by atoms with Crippen LogP contribution in [0.2, 0.25) is 0 Å². The van der Waals surface area contributed by atoms with E-state index in [1.807, 2.05) is 6.92 Å². The van der Waals surface area contributed by atoms with E-state index >= 15 is 0 Å². The molecular weight excluding hydrogens is 284 g/mol. The molecule has 0 aromatic carbocycles. The third-order valence-electron chi connectivity index (χ3n) is 4.02. The van der Waals surface area contributed by atoms with Crippen molar-refractivity contribution in [2.75, 3.05) is 29.9 Å². The molecule has 1 aliphatic heterocycles. The summed E-state index contributed by atoms with van der Waals surface area (Å²) in [7, 11) is 0. The Kier molecular flexibility index (Phi) is 3.21. The average Bonchev–Trinajstić information content (AvgIpc) is 3.21. The van der Waals surface area contributed by atoms with Crippen molar-refractivity contribution in [2.24, 2.45) is 5.92 Å². The van der Waals surface area contributed by atoms with Gasteiger partial charge in [0.05, 0.1) is 5.69 Å². The zero-order valence-electron chi connectivity index (χ0n) is 12.0. The number of hydrogen-bond donors (Lipinski definition) is 1. The molecule has 2 fully saturated rings. The first-order valence-corrected chi connectivity index (χ1v) is 8.22. The standard InChI is InChI=1S/C14H18N6S/c1-9-16-19-14(21-9)15-6-10-7-20(8-10)13-5-4-12(17-18-13)11-2-3-11/h4-5,10-11H,2-3,6-8H2,1H3,(H,15,19). The maximum atomic E-state index is 4.35. The minimum atomic E-state index is 0.638. The summed E-state index contributed by atoms with van der Waals surface area (Å²) in [6.45, 7) is 4.97. The summed E-state index contributed by atoms with van der Waals surface area (Å²) in [6.07, 6.45) is 2.55. The largest absolute Gasteiger partial charge is 0.360 e. The van der Waals surface area contributed by atoms with Crippen LogP contribution in [0.4, 0.5) is 10.9 Å². The van der Waals surface area contributed by atoms with Crippen LogP contribution in [0.15, 0.2) is 12.1 Å². The van der Waals surface area contributed by atoms with Crippen LogP contribution in [0.1, 0.15) is 29.5 Å². The Morgan fingerprint density at radius 2 is 2.05 bits per heavy atom. The Balaban J connectivity index is 1.26. The van der Waals surface area contributed by atoms with Crippen LogP contribution in [0.5, 0.6) is 0 Å². The number of rotatable bonds is 5. The lowest BCUT2D eigenvalue weighted by Crippen LogP contribution is -2.50. The van der Waals surface area contributed by atoms with E-state index in [1.54, 1.807) is 11.3 Å². The fourth-order valence-electron chi connectivity index (χ4n) is 2.59. The summed E-state index contributed by atoms with van der Waals surface area (Å²) >= 11 is 1.60. The molecule has 1 saturated carbocycles. The molecule has 4 rings (SSSR count). The monoisotopic (exact) mass is 302 g/mol. The first-order chi connectivity index (χ1) is 10.3. The van der Waals surface area contributed by atoms with Gasteiger partial charge < -0.3 is 10.2 Å². The van der Waals surface area contributed by atoms with E-state index in [0.717, 1.165) is 41.3 Å². The van der Waals surface area contributed by atoms with Crippen LogP contribution in [0.3, 0.4) is 0 Å². The predicted octanol–water partition coefficient (Wildman–Crippen LogP) is 2.06. The van der Waals surface area contributed by atoms with Crippen LogP contribution in [-0.2, 0) is 0 Å². The fourth-order valence-corrected chi connectivity index (χ4v) is 3.19. The Labute approximate surface area is 127 Å². The Hall–Kier alpha value is -1.76. The molecule has 7 heteroatoms. The van der Waals surface area contributed by atoms with Gasteiger partial charge in [0.25, 0.3) is 0 Å². The van der Waals surface area contributed by atoms with Crippen LogP contribution in [-0.4, -0.2) is 40.0 Å². The topological polar surface area (TPSA) is 66.8 Å². The van der Waals surface area contributed by atoms with Crippen molar-refractivity contribution in [1.82, 2.24) is 20.4 Å². The molecule has 2 aliphatic rings. The van der Waals surface area contributed by atoms with Gasteiger partial charge in [0, 0.05) is 31.5 Å². The molecule has 1 N–H and O–H groups in total. The quantitative estimate of drug-likeness (QED) is 0.912. The SMILES string of the molecule is Cc1nnc(NCC2CN(c3ccc(C4CC4)nn3)C2)s1. The third-order valence-corrected chi connectivity index (χ3v) is 4.81. The van der Waals surface area contributed by atoms with Crippen LogP contribution in [0, 0.1) is 12.8 Å². The molecule has 0 atom stereocenters. The van der Waals surface area contributed by atoms with Crippen molar-refractivity contribution in [2.45, 2.75) is 25.7 Å². The van der Waals surface area contributed by atoms with Crippen molar-refractivity contribution in [3.8, 4) is 0 Å². The molecule has 21 heavy (non-hydrogen) atoms. The summed E-state index contributed by atoms with van der Waals surface area (Å²) in [5, 5.41) is 22.0. The molecule has 110 valence electrons. The lowest BCUT2D eigenvalue weighted by Gasteiger charge is -2.39. The van der Waals surface area contributed by atoms with E-state index in [4.69, 9.17) is 0 Å². The summed E-state index contributed by atoms with van der Waals surface area (Å²) in [5.41, 5.74) is 1.16. The second-order valence-corrected chi connectivity index (χ2v) is 7.05. The first kappa shape index (κ1) is 12.9. The number of nitrogens with one attached hydrogen (secondary N) is 1. The minimum Gasteiger partial charge on any atom is -0.360 e. The highest BCUT2D eigenvalue weighted by Gasteiger charge is 2.29. The van der Waals surface area contributed by atoms with E-state index in [2.05, 4.69) is 42.7 Å². The van der Waals surface area contributed by atoms with E-state index in [9.17, 15) is 0 Å². The predicted molar refractivity (Wildman–Crippen MR) is 82.8 cm³/mol. The summed E-state index contributed by atoms with van der Waals surface area (Å²) < 4.78 is 0. The molecule has 0 radical (unpaired) electrons. The number of aryl methyl sites for hydroxylation is 1. The Morgan fingerprint density at radius 1 is 1.19 bits per heavy atom. The Morgan fingerprint density at radius 3 is 2.67 bits per heavy atom. The van der Waals surface area contributed by atoms with Crippen LogP contribution in [0.25, 0.3) is 0 Å². The number of nitrogens with zero attached hydrogens (tertiary/aromatic N) is 5. The molecule has 1 saturated heterocycles. The molecule has 2 aromatic heterocycles. The summed E-state index contributed by atoms with van der Waals surface area (Å²) in [5.74, 6) is 2.32. The zero-order chi connectivity index (χ0) is 14.2. The maximum Gasteiger partial charge on any atom is 0.205 e. The van der Waals surface area contributed by atoms with E-state index in [-0.39, 0.29) is 0 Å². The first-order valence-electron chi connectivity index (χ1n) is 7.40. The van der Waals surface area contributed by atoms with Crippen molar-refractivity contribution in [1.29, 1.82) is 0 Å². The molecule has 0 unspecified atom stereocenters. The van der Waals surface area contributed by atoms with Crippen LogP contribution < -0.4 is 10.2 Å². The van der Waals surface area contributed by atoms with Gasteiger partial charge in [-0.2, -0.15) is 5.10 Å². The minimum absolute atomic E-state index is 0.638. The number of anilines is 2. The van der Waals surface area contributed by atoms with Crippen LogP contribution >= 0.6 is 11.3 Å². The zero-order valence-corrected chi connectivity index (χ0v) is 12.8. The number of hydrogen-bond acceptors (Lipinski definition) is 7. The maximum absolute atomic E-state index is 4.35. The lowest BCUT2D eigenvalue weighted by molar-refractivity contribution is 0.425. The van der Waals surface area contributed by atoms with Gasteiger partial charge in [-0.25, -0.2) is 0 Å². The fraction of sp³-hybridized carbons (Fsp3) is 0.571. The molecule has 0 spiro atoms. The van der Waals surface area contributed by atoms with E-state index in [0.29, 0.717) is 11.8 Å². The second kappa shape index (κ2) is 5.22. The molecule has 3 heterocycles. The van der Waals surface area contributed by atoms with Gasteiger partial charge in [0.2, 0.25) is 5.13 Å². The second-order valence-electron chi connectivity index (χ2n) is 5.87. The molecule has 0 amide bonds. The summed E-state index contributed by atoms with van der Waals surface area (Å²) in [6, 6.07) is 4.24. The highest BCUT2D eigenvalue weighted by molar-refractivity contribution is 7.15. The molecule has 2 aromatic rings. The van der Waals surface area contributed by atoms with Crippen molar-refractivity contribution < 1.29 is 0 Å². The van der Waals surface area contributed by atoms with Gasteiger partial charge >= 0.3 is 0 Å². The normalized spacial score (nSPS) is 18.6. The number of aromatic nitrogens is 4. The Bertz CT molecular complexity index is 615. The van der Waals surface area contributed by atoms with Gasteiger partial charge in [-0.15, -0.1) is 15.3 Å². The lowest BCUT2D eigenvalue weighted by atomic mass is 10.0. The van der Waals surface area contributed by atoms with Gasteiger partial charge in [-0.05, 0) is 31.9 Å². The molecular formula is C14H18N6S. The smallest absolute Gasteiger partial charge is 0.205 e. The third kappa shape index (κ3) is 2.83. The molecule has 6 nitrogen and oxygen atoms in total. The highest BCUT2D eigenvalue weighted by atomic mass is 32.1. The van der Waals surface area contributed by atoms with Crippen molar-refractivity contribution in [3.63, 3.8) is 0 Å². The van der Waals surface area contributed by atoms with Gasteiger partial charge in [0.1, 0.15) is 5.01 Å². The van der Waals surface area contributed by atoms with Gasteiger partial charge in [0.15, 0.2) is 5.82 Å². The van der Waals surface area contributed by atoms with E-state index in [1.165, 1.54) is 12.8 Å². The molecule has 0 bridgehead atoms.